The van der Waals surface area contributed by atoms with E-state index in [1.54, 1.807) is 0 Å². The lowest BCUT2D eigenvalue weighted by Crippen LogP contribution is -2.41. The van der Waals surface area contributed by atoms with Crippen LogP contribution in [0.3, 0.4) is 0 Å². The summed E-state index contributed by atoms with van der Waals surface area (Å²) in [7, 11) is 4.35. The number of halogens is 2. The summed E-state index contributed by atoms with van der Waals surface area (Å²) in [5.74, 6) is -2.85. The Balaban J connectivity index is 1.50. The highest BCUT2D eigenvalue weighted by atomic mass is 19.1. The molecule has 1 aliphatic rings. The van der Waals surface area contributed by atoms with Gasteiger partial charge in [0.25, 0.3) is 11.8 Å². The summed E-state index contributed by atoms with van der Waals surface area (Å²) in [4.78, 5) is 38.6. The molecule has 0 atom stereocenters. The number of carbonyl (C=O) groups is 3. The summed E-state index contributed by atoms with van der Waals surface area (Å²) in [5.41, 5.74) is 0.135. The molecule has 0 aliphatic carbocycles. The maximum absolute atomic E-state index is 13.9. The van der Waals surface area contributed by atoms with Crippen molar-refractivity contribution in [3.8, 4) is 17.2 Å². The van der Waals surface area contributed by atoms with E-state index in [9.17, 15) is 23.2 Å². The fourth-order valence-corrected chi connectivity index (χ4v) is 3.76. The second-order valence-electron chi connectivity index (χ2n) is 7.76. The molecule has 2 amide bonds. The molecule has 0 unspecified atom stereocenters. The molecule has 0 aromatic heterocycles. The van der Waals surface area contributed by atoms with Crippen LogP contribution in [0.2, 0.25) is 0 Å². The molecule has 1 N–H and O–H groups in total. The van der Waals surface area contributed by atoms with Gasteiger partial charge in [0.15, 0.2) is 18.1 Å². The van der Waals surface area contributed by atoms with Crippen LogP contribution in [0.5, 0.6) is 17.2 Å². The van der Waals surface area contributed by atoms with Crippen molar-refractivity contribution in [2.24, 2.45) is 5.92 Å². The highest BCUT2D eigenvalue weighted by Gasteiger charge is 2.30. The Labute approximate surface area is 200 Å². The standard InChI is InChI=1S/C24H26F2N2O7/c1-32-19-11-16(12-20(33-2)22(19)34-3)27-21(29)13-35-24(31)14-6-8-28(9-7-14)23(30)17-5-4-15(25)10-18(17)26/h4-5,10-12,14H,6-9,13H2,1-3H3,(H,27,29). The summed E-state index contributed by atoms with van der Waals surface area (Å²) in [6, 6.07) is 5.85. The topological polar surface area (TPSA) is 103 Å². The normalized spacial score (nSPS) is 13.7. The van der Waals surface area contributed by atoms with Crippen LogP contribution in [0.15, 0.2) is 30.3 Å². The van der Waals surface area contributed by atoms with Gasteiger partial charge in [0.1, 0.15) is 11.6 Å². The zero-order chi connectivity index (χ0) is 25.5. The average molecular weight is 492 g/mol. The lowest BCUT2D eigenvalue weighted by Gasteiger charge is -2.31. The van der Waals surface area contributed by atoms with Gasteiger partial charge < -0.3 is 29.2 Å². The minimum absolute atomic E-state index is 0.201. The number of hydrogen-bond donors (Lipinski definition) is 1. The first-order chi connectivity index (χ1) is 16.8. The van der Waals surface area contributed by atoms with Crippen LogP contribution >= 0.6 is 0 Å². The number of nitrogens with one attached hydrogen (secondary N) is 1. The predicted molar refractivity (Wildman–Crippen MR) is 121 cm³/mol. The SMILES string of the molecule is COc1cc(NC(=O)COC(=O)C2CCN(C(=O)c3ccc(F)cc3F)CC2)cc(OC)c1OC. The van der Waals surface area contributed by atoms with Crippen molar-refractivity contribution in [2.45, 2.75) is 12.8 Å². The fourth-order valence-electron chi connectivity index (χ4n) is 3.76. The number of carbonyl (C=O) groups excluding carboxylic acids is 3. The van der Waals surface area contributed by atoms with E-state index in [0.717, 1.165) is 12.1 Å². The van der Waals surface area contributed by atoms with E-state index in [1.165, 1.54) is 38.4 Å². The molecule has 188 valence electrons. The molecule has 3 rings (SSSR count). The van der Waals surface area contributed by atoms with Gasteiger partial charge in [-0.1, -0.05) is 0 Å². The Hall–Kier alpha value is -3.89. The Morgan fingerprint density at radius 2 is 1.60 bits per heavy atom. The number of piperidine rings is 1. The number of ether oxygens (including phenoxy) is 4. The monoisotopic (exact) mass is 492 g/mol. The quantitative estimate of drug-likeness (QED) is 0.565. The smallest absolute Gasteiger partial charge is 0.309 e. The third-order valence-corrected chi connectivity index (χ3v) is 5.57. The molecule has 11 heteroatoms. The highest BCUT2D eigenvalue weighted by Crippen LogP contribution is 2.39. The molecule has 1 heterocycles. The molecular formula is C24H26F2N2O7. The molecule has 2 aromatic carbocycles. The first-order valence-corrected chi connectivity index (χ1v) is 10.8. The van der Waals surface area contributed by atoms with Gasteiger partial charge in [-0.05, 0) is 25.0 Å². The molecule has 2 aromatic rings. The number of anilines is 1. The lowest BCUT2D eigenvalue weighted by molar-refractivity contribution is -0.152. The number of esters is 1. The predicted octanol–water partition coefficient (Wildman–Crippen LogP) is 3.02. The fraction of sp³-hybridized carbons (Fsp3) is 0.375. The van der Waals surface area contributed by atoms with E-state index in [4.69, 9.17) is 18.9 Å². The first-order valence-electron chi connectivity index (χ1n) is 10.8. The van der Waals surface area contributed by atoms with Gasteiger partial charge in [-0.2, -0.15) is 0 Å². The lowest BCUT2D eigenvalue weighted by atomic mass is 9.96. The van der Waals surface area contributed by atoms with Crippen molar-refractivity contribution in [1.29, 1.82) is 0 Å². The zero-order valence-corrected chi connectivity index (χ0v) is 19.6. The van der Waals surface area contributed by atoms with Crippen molar-refractivity contribution < 1.29 is 42.1 Å². The van der Waals surface area contributed by atoms with Crippen LogP contribution < -0.4 is 19.5 Å². The summed E-state index contributed by atoms with van der Waals surface area (Å²) >= 11 is 0. The number of benzene rings is 2. The van der Waals surface area contributed by atoms with Gasteiger partial charge in [0.05, 0.1) is 32.8 Å². The van der Waals surface area contributed by atoms with Crippen molar-refractivity contribution in [1.82, 2.24) is 4.90 Å². The van der Waals surface area contributed by atoms with Crippen molar-refractivity contribution in [3.63, 3.8) is 0 Å². The molecule has 0 spiro atoms. The number of amides is 2. The second kappa shape index (κ2) is 11.5. The summed E-state index contributed by atoms with van der Waals surface area (Å²) < 4.78 is 47.8. The van der Waals surface area contributed by atoms with Crippen LogP contribution in [-0.2, 0) is 14.3 Å². The molecule has 1 fully saturated rings. The van der Waals surface area contributed by atoms with E-state index in [0.29, 0.717) is 41.8 Å². The van der Waals surface area contributed by atoms with Crippen LogP contribution in [0.25, 0.3) is 0 Å². The minimum Gasteiger partial charge on any atom is -0.493 e. The Morgan fingerprint density at radius 3 is 2.14 bits per heavy atom. The molecule has 0 bridgehead atoms. The summed E-state index contributed by atoms with van der Waals surface area (Å²) in [6.45, 7) is -0.102. The van der Waals surface area contributed by atoms with Gasteiger partial charge in [-0.3, -0.25) is 14.4 Å². The Morgan fingerprint density at radius 1 is 0.971 bits per heavy atom. The van der Waals surface area contributed by atoms with E-state index in [2.05, 4.69) is 5.32 Å². The average Bonchev–Trinajstić information content (AvgIpc) is 2.86. The molecule has 35 heavy (non-hydrogen) atoms. The zero-order valence-electron chi connectivity index (χ0n) is 19.6. The number of likely N-dealkylation sites (tertiary alicyclic amines) is 1. The number of nitrogens with zero attached hydrogens (tertiary/aromatic N) is 1. The van der Waals surface area contributed by atoms with Gasteiger partial charge >= 0.3 is 5.97 Å². The van der Waals surface area contributed by atoms with Crippen molar-refractivity contribution >= 4 is 23.5 Å². The molecule has 9 nitrogen and oxygen atoms in total. The van der Waals surface area contributed by atoms with Crippen molar-refractivity contribution in [2.75, 3.05) is 46.3 Å². The third kappa shape index (κ3) is 6.17. The van der Waals surface area contributed by atoms with Gasteiger partial charge in [-0.15, -0.1) is 0 Å². The largest absolute Gasteiger partial charge is 0.493 e. The summed E-state index contributed by atoms with van der Waals surface area (Å²) in [6.07, 6.45) is 0.587. The molecule has 0 radical (unpaired) electrons. The van der Waals surface area contributed by atoms with E-state index in [1.807, 2.05) is 0 Å². The van der Waals surface area contributed by atoms with Crippen LogP contribution in [-0.4, -0.2) is 63.7 Å². The van der Waals surface area contributed by atoms with Gasteiger partial charge in [-0.25, -0.2) is 8.78 Å². The molecular weight excluding hydrogens is 466 g/mol. The van der Waals surface area contributed by atoms with E-state index >= 15 is 0 Å². The maximum atomic E-state index is 13.9. The van der Waals surface area contributed by atoms with E-state index in [-0.39, 0.29) is 18.7 Å². The van der Waals surface area contributed by atoms with E-state index < -0.39 is 41.9 Å². The van der Waals surface area contributed by atoms with Crippen molar-refractivity contribution in [3.05, 3.63) is 47.5 Å². The Bertz CT molecular complexity index is 1080. The second-order valence-corrected chi connectivity index (χ2v) is 7.76. The molecule has 1 aliphatic heterocycles. The first kappa shape index (κ1) is 25.7. The third-order valence-electron chi connectivity index (χ3n) is 5.57. The van der Waals surface area contributed by atoms with Crippen LogP contribution in [0.1, 0.15) is 23.2 Å². The van der Waals surface area contributed by atoms with Gasteiger partial charge in [0, 0.05) is 37.0 Å². The number of hydrogen-bond acceptors (Lipinski definition) is 7. The number of rotatable bonds is 8. The Kier molecular flexibility index (Phi) is 8.45. The van der Waals surface area contributed by atoms with Crippen LogP contribution in [0, 0.1) is 17.6 Å². The minimum atomic E-state index is -0.936. The highest BCUT2D eigenvalue weighted by molar-refractivity contribution is 5.95. The van der Waals surface area contributed by atoms with Gasteiger partial charge in [0.2, 0.25) is 5.75 Å². The number of methoxy groups -OCH3 is 3. The molecule has 0 saturated carbocycles. The van der Waals surface area contributed by atoms with Crippen LogP contribution in [0.4, 0.5) is 14.5 Å². The molecule has 1 saturated heterocycles. The maximum Gasteiger partial charge on any atom is 0.309 e. The summed E-state index contributed by atoms with van der Waals surface area (Å²) in [5, 5.41) is 2.60.